The van der Waals surface area contributed by atoms with Crippen LogP contribution in [-0.4, -0.2) is 17.7 Å². The number of carbonyl (C=O) groups is 2. The molecule has 1 aliphatic rings. The Morgan fingerprint density at radius 1 is 1.50 bits per heavy atom. The summed E-state index contributed by atoms with van der Waals surface area (Å²) in [5.74, 6) is -0.166. The molecule has 1 aliphatic heterocycles. The molecule has 66 valence electrons. The molecule has 1 N–H and O–H groups in total. The first-order valence-corrected chi connectivity index (χ1v) is 4.06. The second-order valence-electron chi connectivity index (χ2n) is 3.26. The smallest absolute Gasteiger partial charge is 0.254 e. The number of amides is 1. The Labute approximate surface area is 71.8 Å². The van der Waals surface area contributed by atoms with Crippen molar-refractivity contribution in [2.75, 3.05) is 0 Å². The van der Waals surface area contributed by atoms with Crippen LogP contribution in [-0.2, 0) is 9.59 Å². The Morgan fingerprint density at radius 2 is 2.08 bits per heavy atom. The largest absolute Gasteiger partial charge is 0.349 e. The summed E-state index contributed by atoms with van der Waals surface area (Å²) >= 11 is 0. The predicted octanol–water partition coefficient (Wildman–Crippen LogP) is 0.656. The van der Waals surface area contributed by atoms with Crippen molar-refractivity contribution in [1.82, 2.24) is 5.32 Å². The number of rotatable bonds is 1. The second kappa shape index (κ2) is 3.09. The van der Waals surface area contributed by atoms with Crippen molar-refractivity contribution >= 4 is 11.7 Å². The van der Waals surface area contributed by atoms with E-state index in [4.69, 9.17) is 0 Å². The van der Waals surface area contributed by atoms with Crippen molar-refractivity contribution in [3.05, 3.63) is 11.6 Å². The molecule has 0 bridgehead atoms. The third-order valence-corrected chi connectivity index (χ3v) is 2.20. The fourth-order valence-corrected chi connectivity index (χ4v) is 1.18. The van der Waals surface area contributed by atoms with Gasteiger partial charge in [0.1, 0.15) is 0 Å². The molecule has 1 heterocycles. The fraction of sp³-hybridized carbons (Fsp3) is 0.556. The first-order valence-electron chi connectivity index (χ1n) is 4.06. The molecule has 1 amide bonds. The zero-order chi connectivity index (χ0) is 9.30. The van der Waals surface area contributed by atoms with Crippen LogP contribution >= 0.6 is 0 Å². The lowest BCUT2D eigenvalue weighted by Crippen LogP contribution is -2.42. The van der Waals surface area contributed by atoms with E-state index in [0.29, 0.717) is 5.57 Å². The second-order valence-corrected chi connectivity index (χ2v) is 3.26. The van der Waals surface area contributed by atoms with Crippen LogP contribution in [0.25, 0.3) is 0 Å². The highest BCUT2D eigenvalue weighted by Crippen LogP contribution is 2.14. The molecule has 0 aromatic carbocycles. The van der Waals surface area contributed by atoms with Crippen LogP contribution < -0.4 is 5.32 Å². The van der Waals surface area contributed by atoms with Gasteiger partial charge in [-0.25, -0.2) is 0 Å². The summed E-state index contributed by atoms with van der Waals surface area (Å²) in [5.41, 5.74) is 0.292. The van der Waals surface area contributed by atoms with Crippen LogP contribution in [0.5, 0.6) is 0 Å². The van der Waals surface area contributed by atoms with E-state index in [2.05, 4.69) is 5.32 Å². The van der Waals surface area contributed by atoms with Gasteiger partial charge in [0.05, 0.1) is 5.57 Å². The molecule has 2 atom stereocenters. The predicted molar refractivity (Wildman–Crippen MR) is 45.5 cm³/mol. The van der Waals surface area contributed by atoms with Crippen molar-refractivity contribution in [3.8, 4) is 0 Å². The van der Waals surface area contributed by atoms with Crippen LogP contribution in [0.1, 0.15) is 20.8 Å². The lowest BCUT2D eigenvalue weighted by atomic mass is 9.94. The highest BCUT2D eigenvalue weighted by Gasteiger charge is 2.24. The Hall–Kier alpha value is -1.12. The molecule has 12 heavy (non-hydrogen) atoms. The van der Waals surface area contributed by atoms with Gasteiger partial charge in [-0.15, -0.1) is 0 Å². The SMILES string of the molecule is CC(=O)C1=CC(C)C(C)NC1=O. The van der Waals surface area contributed by atoms with E-state index in [1.165, 1.54) is 6.92 Å². The Bertz CT molecular complexity index is 255. The number of carbonyl (C=O) groups excluding carboxylic acids is 2. The van der Waals surface area contributed by atoms with Crippen molar-refractivity contribution in [3.63, 3.8) is 0 Å². The number of nitrogens with one attached hydrogen (secondary N) is 1. The van der Waals surface area contributed by atoms with Crippen molar-refractivity contribution in [2.24, 2.45) is 5.92 Å². The maximum atomic E-state index is 11.2. The third-order valence-electron chi connectivity index (χ3n) is 2.20. The number of ketones is 1. The van der Waals surface area contributed by atoms with Crippen LogP contribution in [0.4, 0.5) is 0 Å². The van der Waals surface area contributed by atoms with Crippen LogP contribution in [0.15, 0.2) is 11.6 Å². The van der Waals surface area contributed by atoms with Gasteiger partial charge in [0.15, 0.2) is 5.78 Å². The lowest BCUT2D eigenvalue weighted by molar-refractivity contribution is -0.122. The maximum absolute atomic E-state index is 11.2. The number of Topliss-reactive ketones (excluding diaryl/α,β-unsaturated/α-hetero) is 1. The fourth-order valence-electron chi connectivity index (χ4n) is 1.18. The van der Waals surface area contributed by atoms with Gasteiger partial charge in [0.25, 0.3) is 5.91 Å². The normalized spacial score (nSPS) is 29.2. The molecular weight excluding hydrogens is 154 g/mol. The van der Waals surface area contributed by atoms with Gasteiger partial charge in [0.2, 0.25) is 0 Å². The maximum Gasteiger partial charge on any atom is 0.254 e. The summed E-state index contributed by atoms with van der Waals surface area (Å²) in [6, 6.07) is 0.126. The average Bonchev–Trinajstić information content (AvgIpc) is 1.96. The van der Waals surface area contributed by atoms with E-state index in [9.17, 15) is 9.59 Å². The molecule has 0 saturated carbocycles. The van der Waals surface area contributed by atoms with E-state index in [1.54, 1.807) is 6.08 Å². The molecule has 2 unspecified atom stereocenters. The summed E-state index contributed by atoms with van der Waals surface area (Å²) in [6.07, 6.45) is 1.74. The summed E-state index contributed by atoms with van der Waals surface area (Å²) in [4.78, 5) is 22.1. The van der Waals surface area contributed by atoms with Gasteiger partial charge in [-0.05, 0) is 19.8 Å². The van der Waals surface area contributed by atoms with Gasteiger partial charge in [-0.3, -0.25) is 9.59 Å². The highest BCUT2D eigenvalue weighted by molar-refractivity contribution is 6.18. The van der Waals surface area contributed by atoms with Gasteiger partial charge < -0.3 is 5.32 Å². The van der Waals surface area contributed by atoms with Gasteiger partial charge >= 0.3 is 0 Å². The Kier molecular flexibility index (Phi) is 2.31. The molecular formula is C9H13NO2. The quantitative estimate of drug-likeness (QED) is 0.583. The molecule has 0 aromatic rings. The van der Waals surface area contributed by atoms with Gasteiger partial charge in [0, 0.05) is 6.04 Å². The molecule has 0 fully saturated rings. The standard InChI is InChI=1S/C9H13NO2/c1-5-4-8(7(3)11)9(12)10-6(5)2/h4-6H,1-3H3,(H,10,12). The molecule has 0 aliphatic carbocycles. The van der Waals surface area contributed by atoms with Crippen LogP contribution in [0.2, 0.25) is 0 Å². The van der Waals surface area contributed by atoms with E-state index in [1.807, 2.05) is 13.8 Å². The Balaban J connectivity index is 2.93. The zero-order valence-electron chi connectivity index (χ0n) is 7.55. The van der Waals surface area contributed by atoms with Crippen LogP contribution in [0, 0.1) is 5.92 Å². The highest BCUT2D eigenvalue weighted by atomic mass is 16.2. The van der Waals surface area contributed by atoms with Gasteiger partial charge in [-0.1, -0.05) is 13.0 Å². The van der Waals surface area contributed by atoms with Crippen molar-refractivity contribution in [2.45, 2.75) is 26.8 Å². The molecule has 3 heteroatoms. The molecule has 0 aromatic heterocycles. The molecule has 1 rings (SSSR count). The van der Waals surface area contributed by atoms with E-state index >= 15 is 0 Å². The summed E-state index contributed by atoms with van der Waals surface area (Å²) in [7, 11) is 0. The van der Waals surface area contributed by atoms with Crippen molar-refractivity contribution in [1.29, 1.82) is 0 Å². The molecule has 0 saturated heterocycles. The van der Waals surface area contributed by atoms with E-state index in [-0.39, 0.29) is 23.7 Å². The minimum atomic E-state index is -0.242. The molecule has 0 spiro atoms. The number of hydrogen-bond donors (Lipinski definition) is 1. The van der Waals surface area contributed by atoms with Crippen molar-refractivity contribution < 1.29 is 9.59 Å². The first-order chi connectivity index (χ1) is 5.52. The summed E-state index contributed by atoms with van der Waals surface area (Å²) < 4.78 is 0. The zero-order valence-corrected chi connectivity index (χ0v) is 7.55. The Morgan fingerprint density at radius 3 is 2.58 bits per heavy atom. The van der Waals surface area contributed by atoms with E-state index < -0.39 is 0 Å². The topological polar surface area (TPSA) is 46.2 Å². The third kappa shape index (κ3) is 1.55. The molecule has 3 nitrogen and oxygen atoms in total. The first kappa shape index (κ1) is 8.97. The molecule has 0 radical (unpaired) electrons. The number of hydrogen-bond acceptors (Lipinski definition) is 2. The average molecular weight is 167 g/mol. The van der Waals surface area contributed by atoms with Crippen LogP contribution in [0.3, 0.4) is 0 Å². The summed E-state index contributed by atoms with van der Waals surface area (Å²) in [5, 5.41) is 2.73. The van der Waals surface area contributed by atoms with E-state index in [0.717, 1.165) is 0 Å². The monoisotopic (exact) mass is 167 g/mol. The minimum Gasteiger partial charge on any atom is -0.349 e. The van der Waals surface area contributed by atoms with Gasteiger partial charge in [-0.2, -0.15) is 0 Å². The minimum absolute atomic E-state index is 0.126. The summed E-state index contributed by atoms with van der Waals surface area (Å²) in [6.45, 7) is 5.32. The lowest BCUT2D eigenvalue weighted by Gasteiger charge is -2.24.